The molecule has 0 aromatic heterocycles. The monoisotopic (exact) mass is 375 g/mol. The van der Waals surface area contributed by atoms with E-state index in [2.05, 4.69) is 10.6 Å². The van der Waals surface area contributed by atoms with E-state index in [4.69, 9.17) is 5.73 Å². The zero-order valence-corrected chi connectivity index (χ0v) is 16.0. The summed E-state index contributed by atoms with van der Waals surface area (Å²) in [4.78, 5) is 39.9. The summed E-state index contributed by atoms with van der Waals surface area (Å²) in [6.45, 7) is 6.26. The summed E-state index contributed by atoms with van der Waals surface area (Å²) in [5.41, 5.74) is 6.53. The molecule has 1 saturated heterocycles. The minimum atomic E-state index is -0.613. The Hall–Kier alpha value is -2.45. The van der Waals surface area contributed by atoms with E-state index in [-0.39, 0.29) is 36.7 Å². The van der Waals surface area contributed by atoms with Gasteiger partial charge < -0.3 is 21.3 Å². The van der Waals surface area contributed by atoms with E-state index < -0.39 is 6.04 Å². The lowest BCUT2D eigenvalue weighted by molar-refractivity contribution is -0.135. The van der Waals surface area contributed by atoms with Crippen LogP contribution in [0.1, 0.15) is 13.8 Å². The Labute approximate surface area is 160 Å². The summed E-state index contributed by atoms with van der Waals surface area (Å²) in [7, 11) is 0. The standard InChI is InChI=1S/C19H29N5O3/c1-14(2)18(20)19(27)21-12-17(26)24-10-8-23(9-11-24)13-16(25)22-15-6-4-3-5-7-15/h3-7,14,18H,8-13,20H2,1-2H3,(H,21,27)(H,22,25)/t18-/m0/s1. The van der Waals surface area contributed by atoms with E-state index in [0.717, 1.165) is 5.69 Å². The van der Waals surface area contributed by atoms with E-state index in [1.165, 1.54) is 0 Å². The second kappa shape index (κ2) is 10.0. The van der Waals surface area contributed by atoms with E-state index in [9.17, 15) is 14.4 Å². The van der Waals surface area contributed by atoms with Gasteiger partial charge in [-0.1, -0.05) is 32.0 Å². The molecular formula is C19H29N5O3. The lowest BCUT2D eigenvalue weighted by Crippen LogP contribution is -2.53. The number of nitrogens with zero attached hydrogens (tertiary/aromatic N) is 2. The van der Waals surface area contributed by atoms with Gasteiger partial charge in [0.05, 0.1) is 19.1 Å². The maximum atomic E-state index is 12.2. The molecule has 1 atom stereocenters. The quantitative estimate of drug-likeness (QED) is 0.615. The van der Waals surface area contributed by atoms with E-state index in [1.54, 1.807) is 4.90 Å². The fourth-order valence-electron chi connectivity index (χ4n) is 2.78. The predicted octanol–water partition coefficient (Wildman–Crippen LogP) is -0.131. The summed E-state index contributed by atoms with van der Waals surface area (Å²) < 4.78 is 0. The van der Waals surface area contributed by atoms with Crippen molar-refractivity contribution in [3.05, 3.63) is 30.3 Å². The molecule has 27 heavy (non-hydrogen) atoms. The largest absolute Gasteiger partial charge is 0.346 e. The van der Waals surface area contributed by atoms with Crippen LogP contribution in [0.3, 0.4) is 0 Å². The third-order valence-electron chi connectivity index (χ3n) is 4.58. The molecule has 1 heterocycles. The van der Waals surface area contributed by atoms with Crippen molar-refractivity contribution in [2.24, 2.45) is 11.7 Å². The van der Waals surface area contributed by atoms with Gasteiger partial charge in [-0.2, -0.15) is 0 Å². The number of para-hydroxylation sites is 1. The molecule has 1 aromatic rings. The first-order chi connectivity index (χ1) is 12.9. The van der Waals surface area contributed by atoms with Crippen LogP contribution in [-0.2, 0) is 14.4 Å². The molecule has 1 aliphatic rings. The van der Waals surface area contributed by atoms with Crippen LogP contribution in [0.25, 0.3) is 0 Å². The summed E-state index contributed by atoms with van der Waals surface area (Å²) in [5.74, 6) is -0.496. The lowest BCUT2D eigenvalue weighted by atomic mass is 10.1. The smallest absolute Gasteiger partial charge is 0.242 e. The van der Waals surface area contributed by atoms with Gasteiger partial charge in [0, 0.05) is 31.9 Å². The van der Waals surface area contributed by atoms with Crippen molar-refractivity contribution in [1.82, 2.24) is 15.1 Å². The van der Waals surface area contributed by atoms with Crippen LogP contribution < -0.4 is 16.4 Å². The summed E-state index contributed by atoms with van der Waals surface area (Å²) in [5, 5.41) is 5.45. The number of anilines is 1. The highest BCUT2D eigenvalue weighted by molar-refractivity contribution is 5.92. The minimum absolute atomic E-state index is 0.0191. The summed E-state index contributed by atoms with van der Waals surface area (Å²) in [6.07, 6.45) is 0. The first-order valence-electron chi connectivity index (χ1n) is 9.25. The van der Waals surface area contributed by atoms with Crippen molar-refractivity contribution in [3.63, 3.8) is 0 Å². The van der Waals surface area contributed by atoms with Crippen LogP contribution in [-0.4, -0.2) is 72.8 Å². The van der Waals surface area contributed by atoms with Crippen LogP contribution in [0.15, 0.2) is 30.3 Å². The zero-order chi connectivity index (χ0) is 19.8. The van der Waals surface area contributed by atoms with Gasteiger partial charge in [0.2, 0.25) is 17.7 Å². The van der Waals surface area contributed by atoms with Gasteiger partial charge in [0.25, 0.3) is 0 Å². The van der Waals surface area contributed by atoms with Crippen molar-refractivity contribution in [2.75, 3.05) is 44.6 Å². The normalized spacial score (nSPS) is 16.1. The van der Waals surface area contributed by atoms with Gasteiger partial charge in [-0.15, -0.1) is 0 Å². The van der Waals surface area contributed by atoms with Crippen molar-refractivity contribution in [1.29, 1.82) is 0 Å². The molecule has 1 fully saturated rings. The third-order valence-corrected chi connectivity index (χ3v) is 4.58. The molecule has 8 nitrogen and oxygen atoms in total. The number of piperazine rings is 1. The van der Waals surface area contributed by atoms with Crippen molar-refractivity contribution in [3.8, 4) is 0 Å². The second-order valence-electron chi connectivity index (χ2n) is 7.06. The highest BCUT2D eigenvalue weighted by Gasteiger charge is 2.24. The zero-order valence-electron chi connectivity index (χ0n) is 16.0. The maximum Gasteiger partial charge on any atom is 0.242 e. The highest BCUT2D eigenvalue weighted by atomic mass is 16.2. The number of carbonyl (C=O) groups is 3. The number of hydrogen-bond donors (Lipinski definition) is 3. The van der Waals surface area contributed by atoms with E-state index in [0.29, 0.717) is 26.2 Å². The van der Waals surface area contributed by atoms with Crippen LogP contribution in [0.2, 0.25) is 0 Å². The molecule has 4 N–H and O–H groups in total. The number of carbonyl (C=O) groups excluding carboxylic acids is 3. The Kier molecular flexibility index (Phi) is 7.75. The van der Waals surface area contributed by atoms with Crippen molar-refractivity contribution in [2.45, 2.75) is 19.9 Å². The Morgan fingerprint density at radius 3 is 2.30 bits per heavy atom. The molecule has 0 radical (unpaired) electrons. The number of rotatable bonds is 7. The fourth-order valence-corrected chi connectivity index (χ4v) is 2.78. The molecule has 2 rings (SSSR count). The van der Waals surface area contributed by atoms with Gasteiger partial charge in [0.15, 0.2) is 0 Å². The molecule has 0 saturated carbocycles. The first-order valence-corrected chi connectivity index (χ1v) is 9.25. The molecule has 0 unspecified atom stereocenters. The first kappa shape index (κ1) is 20.9. The van der Waals surface area contributed by atoms with Crippen molar-refractivity contribution < 1.29 is 14.4 Å². The summed E-state index contributed by atoms with van der Waals surface area (Å²) in [6, 6.07) is 8.70. The fraction of sp³-hybridized carbons (Fsp3) is 0.526. The molecule has 1 aliphatic heterocycles. The van der Waals surface area contributed by atoms with Crippen LogP contribution in [0.4, 0.5) is 5.69 Å². The average molecular weight is 375 g/mol. The Morgan fingerprint density at radius 1 is 1.07 bits per heavy atom. The molecule has 8 heteroatoms. The predicted molar refractivity (Wildman–Crippen MR) is 104 cm³/mol. The third kappa shape index (κ3) is 6.65. The number of amides is 3. The Bertz CT molecular complexity index is 642. The van der Waals surface area contributed by atoms with Gasteiger partial charge in [-0.05, 0) is 18.1 Å². The van der Waals surface area contributed by atoms with Crippen LogP contribution >= 0.6 is 0 Å². The van der Waals surface area contributed by atoms with E-state index >= 15 is 0 Å². The SMILES string of the molecule is CC(C)[C@H](N)C(=O)NCC(=O)N1CCN(CC(=O)Nc2ccccc2)CC1. The molecule has 0 bridgehead atoms. The van der Waals surface area contributed by atoms with Crippen LogP contribution in [0.5, 0.6) is 0 Å². The average Bonchev–Trinajstić information content (AvgIpc) is 2.66. The lowest BCUT2D eigenvalue weighted by Gasteiger charge is -2.34. The topological polar surface area (TPSA) is 108 Å². The second-order valence-corrected chi connectivity index (χ2v) is 7.06. The van der Waals surface area contributed by atoms with Gasteiger partial charge in [-0.25, -0.2) is 0 Å². The number of benzene rings is 1. The van der Waals surface area contributed by atoms with Gasteiger partial charge >= 0.3 is 0 Å². The molecular weight excluding hydrogens is 346 g/mol. The molecule has 0 spiro atoms. The van der Waals surface area contributed by atoms with Crippen LogP contribution in [0, 0.1) is 5.92 Å². The van der Waals surface area contributed by atoms with Crippen molar-refractivity contribution >= 4 is 23.4 Å². The Morgan fingerprint density at radius 2 is 1.70 bits per heavy atom. The molecule has 0 aliphatic carbocycles. The Balaban J connectivity index is 1.69. The molecule has 3 amide bonds. The van der Waals surface area contributed by atoms with Gasteiger partial charge in [0.1, 0.15) is 0 Å². The van der Waals surface area contributed by atoms with E-state index in [1.807, 2.05) is 49.1 Å². The molecule has 148 valence electrons. The van der Waals surface area contributed by atoms with Gasteiger partial charge in [-0.3, -0.25) is 19.3 Å². The minimum Gasteiger partial charge on any atom is -0.346 e. The number of nitrogens with two attached hydrogens (primary N) is 1. The number of nitrogens with one attached hydrogen (secondary N) is 2. The molecule has 1 aromatic carbocycles. The number of hydrogen-bond acceptors (Lipinski definition) is 5. The maximum absolute atomic E-state index is 12.2. The summed E-state index contributed by atoms with van der Waals surface area (Å²) >= 11 is 0. The highest BCUT2D eigenvalue weighted by Crippen LogP contribution is 2.06.